The Morgan fingerprint density at radius 2 is 0.929 bits per heavy atom. The molecule has 2 unspecified atom stereocenters. The van der Waals surface area contributed by atoms with Crippen LogP contribution < -0.4 is 22.9 Å². The minimum Gasteiger partial charge on any atom is -0.481 e. The number of carboxylic acid groups (broad SMARTS) is 2. The third kappa shape index (κ3) is 35.7. The van der Waals surface area contributed by atoms with Gasteiger partial charge in [0.25, 0.3) is 0 Å². The molecule has 0 radical (unpaired) electrons. The summed E-state index contributed by atoms with van der Waals surface area (Å²) in [5, 5.41) is 32.7. The van der Waals surface area contributed by atoms with Crippen LogP contribution in [0.3, 0.4) is 0 Å². The fraction of sp³-hybridized carbons (Fsp3) is 0.889. The zero-order chi connectivity index (χ0) is 22.2. The molecule has 2 atom stereocenters. The van der Waals surface area contributed by atoms with Crippen molar-refractivity contribution < 1.29 is 30.0 Å². The van der Waals surface area contributed by atoms with E-state index < -0.39 is 11.9 Å². The first-order valence-electron chi connectivity index (χ1n) is 9.81. The van der Waals surface area contributed by atoms with Gasteiger partial charge in [0.05, 0.1) is 12.8 Å². The van der Waals surface area contributed by atoms with Gasteiger partial charge in [-0.05, 0) is 64.5 Å². The van der Waals surface area contributed by atoms with Crippen molar-refractivity contribution in [1.29, 1.82) is 0 Å². The Bertz CT molecular complexity index is 300. The van der Waals surface area contributed by atoms with Gasteiger partial charge in [-0.3, -0.25) is 9.59 Å². The van der Waals surface area contributed by atoms with E-state index in [0.29, 0.717) is 13.1 Å². The fourth-order valence-electron chi connectivity index (χ4n) is 1.97. The molecular formula is C18H42N4O6. The normalized spacial score (nSPS) is 12.1. The SMILES string of the molecule is NCCCC(N)CCCO.NCCCC(N)CCCO.O=C(O)CCC(=O)O. The van der Waals surface area contributed by atoms with Crippen molar-refractivity contribution in [2.75, 3.05) is 26.3 Å². The minimum absolute atomic E-state index is 0.232. The Hall–Kier alpha value is -1.30. The van der Waals surface area contributed by atoms with Gasteiger partial charge in [0.2, 0.25) is 0 Å². The maximum absolute atomic E-state index is 9.64. The molecule has 12 N–H and O–H groups in total. The highest BCUT2D eigenvalue weighted by Crippen LogP contribution is 2.00. The molecule has 0 bridgehead atoms. The Morgan fingerprint density at radius 3 is 1.14 bits per heavy atom. The smallest absolute Gasteiger partial charge is 0.303 e. The lowest BCUT2D eigenvalue weighted by molar-refractivity contribution is -0.143. The predicted molar refractivity (Wildman–Crippen MR) is 110 cm³/mol. The summed E-state index contributed by atoms with van der Waals surface area (Å²) in [5.41, 5.74) is 22.0. The van der Waals surface area contributed by atoms with Crippen molar-refractivity contribution in [1.82, 2.24) is 0 Å². The first kappa shape index (κ1) is 31.4. The molecule has 0 saturated heterocycles. The molecule has 0 aromatic rings. The van der Waals surface area contributed by atoms with Crippen molar-refractivity contribution in [3.8, 4) is 0 Å². The average Bonchev–Trinajstić information content (AvgIpc) is 2.66. The molecular weight excluding hydrogens is 368 g/mol. The molecule has 0 aliphatic rings. The third-order valence-corrected chi connectivity index (χ3v) is 3.58. The number of carbonyl (C=O) groups is 2. The summed E-state index contributed by atoms with van der Waals surface area (Å²) in [6.45, 7) is 1.92. The Kier molecular flexibility index (Phi) is 28.8. The highest BCUT2D eigenvalue weighted by molar-refractivity contribution is 5.75. The van der Waals surface area contributed by atoms with Crippen molar-refractivity contribution in [3.63, 3.8) is 0 Å². The average molecular weight is 411 g/mol. The number of rotatable bonds is 15. The molecule has 10 nitrogen and oxygen atoms in total. The maximum atomic E-state index is 9.64. The van der Waals surface area contributed by atoms with Gasteiger partial charge in [-0.1, -0.05) is 0 Å². The second-order valence-corrected chi connectivity index (χ2v) is 6.40. The van der Waals surface area contributed by atoms with Crippen LogP contribution >= 0.6 is 0 Å². The van der Waals surface area contributed by atoms with Gasteiger partial charge >= 0.3 is 11.9 Å². The monoisotopic (exact) mass is 410 g/mol. The van der Waals surface area contributed by atoms with Crippen LogP contribution in [-0.4, -0.2) is 70.8 Å². The van der Waals surface area contributed by atoms with E-state index >= 15 is 0 Å². The topological polar surface area (TPSA) is 219 Å². The quantitative estimate of drug-likeness (QED) is 0.174. The van der Waals surface area contributed by atoms with Crippen LogP contribution in [0.4, 0.5) is 0 Å². The summed E-state index contributed by atoms with van der Waals surface area (Å²) in [6, 6.07) is 0.464. The third-order valence-electron chi connectivity index (χ3n) is 3.58. The van der Waals surface area contributed by atoms with E-state index in [2.05, 4.69) is 0 Å². The summed E-state index contributed by atoms with van der Waals surface area (Å²) in [6.07, 6.45) is 6.81. The number of aliphatic carboxylic acids is 2. The van der Waals surface area contributed by atoms with Crippen LogP contribution in [0, 0.1) is 0 Å². The van der Waals surface area contributed by atoms with Gasteiger partial charge in [-0.25, -0.2) is 0 Å². The molecule has 0 aliphatic heterocycles. The van der Waals surface area contributed by atoms with Gasteiger partial charge in [0, 0.05) is 25.3 Å². The first-order chi connectivity index (χ1) is 13.2. The van der Waals surface area contributed by atoms with E-state index in [-0.39, 0.29) is 38.1 Å². The number of hydrogen-bond acceptors (Lipinski definition) is 8. The van der Waals surface area contributed by atoms with E-state index in [1.807, 2.05) is 0 Å². The number of aliphatic hydroxyl groups excluding tert-OH is 2. The minimum atomic E-state index is -1.08. The van der Waals surface area contributed by atoms with E-state index in [1.54, 1.807) is 0 Å². The molecule has 10 heteroatoms. The summed E-state index contributed by atoms with van der Waals surface area (Å²) in [5.74, 6) is -2.15. The van der Waals surface area contributed by atoms with Crippen LogP contribution in [0.2, 0.25) is 0 Å². The molecule has 0 amide bonds. The molecule has 0 aromatic heterocycles. The molecule has 28 heavy (non-hydrogen) atoms. The predicted octanol–water partition coefficient (Wildman–Crippen LogP) is -0.414. The van der Waals surface area contributed by atoms with Crippen LogP contribution in [0.5, 0.6) is 0 Å². The molecule has 0 rings (SSSR count). The lowest BCUT2D eigenvalue weighted by Gasteiger charge is -2.08. The Labute approximate surface area is 168 Å². The maximum Gasteiger partial charge on any atom is 0.303 e. The molecule has 0 heterocycles. The van der Waals surface area contributed by atoms with Crippen LogP contribution in [0.1, 0.15) is 64.2 Å². The summed E-state index contributed by atoms with van der Waals surface area (Å²) < 4.78 is 0. The molecule has 0 saturated carbocycles. The zero-order valence-corrected chi connectivity index (χ0v) is 17.0. The Morgan fingerprint density at radius 1 is 0.643 bits per heavy atom. The second kappa shape index (κ2) is 25.7. The van der Waals surface area contributed by atoms with E-state index in [4.69, 9.17) is 43.4 Å². The van der Waals surface area contributed by atoms with Crippen molar-refractivity contribution in [3.05, 3.63) is 0 Å². The van der Waals surface area contributed by atoms with E-state index in [0.717, 1.165) is 51.4 Å². The highest BCUT2D eigenvalue weighted by atomic mass is 16.4. The van der Waals surface area contributed by atoms with Crippen molar-refractivity contribution in [2.24, 2.45) is 22.9 Å². The highest BCUT2D eigenvalue weighted by Gasteiger charge is 2.01. The largest absolute Gasteiger partial charge is 0.481 e. The number of carboxylic acids is 2. The van der Waals surface area contributed by atoms with Crippen molar-refractivity contribution in [2.45, 2.75) is 76.3 Å². The van der Waals surface area contributed by atoms with Gasteiger partial charge in [-0.2, -0.15) is 0 Å². The molecule has 0 aromatic carbocycles. The van der Waals surface area contributed by atoms with Crippen molar-refractivity contribution >= 4 is 11.9 Å². The fourth-order valence-corrected chi connectivity index (χ4v) is 1.97. The van der Waals surface area contributed by atoms with Gasteiger partial charge in [0.1, 0.15) is 0 Å². The van der Waals surface area contributed by atoms with Crippen LogP contribution in [0.15, 0.2) is 0 Å². The second-order valence-electron chi connectivity index (χ2n) is 6.40. The number of hydrogen-bond donors (Lipinski definition) is 8. The molecule has 0 spiro atoms. The lowest BCUT2D eigenvalue weighted by Crippen LogP contribution is -2.21. The van der Waals surface area contributed by atoms with E-state index in [9.17, 15) is 9.59 Å². The van der Waals surface area contributed by atoms with Gasteiger partial charge in [0.15, 0.2) is 0 Å². The number of aliphatic hydroxyl groups is 2. The summed E-state index contributed by atoms with van der Waals surface area (Å²) in [4.78, 5) is 19.3. The Balaban J connectivity index is -0.000000337. The standard InChI is InChI=1S/2C7H18N2O.C4H6O4/c2*8-5-1-3-7(9)4-2-6-10;5-3(6)1-2-4(7)8/h2*7,10H,1-6,8-9H2;1-2H2,(H,5,6)(H,7,8). The van der Waals surface area contributed by atoms with Gasteiger partial charge < -0.3 is 43.4 Å². The van der Waals surface area contributed by atoms with Crippen LogP contribution in [0.25, 0.3) is 0 Å². The number of nitrogens with two attached hydrogens (primary N) is 4. The van der Waals surface area contributed by atoms with Crippen LogP contribution in [-0.2, 0) is 9.59 Å². The summed E-state index contributed by atoms with van der Waals surface area (Å²) in [7, 11) is 0. The lowest BCUT2D eigenvalue weighted by atomic mass is 10.1. The van der Waals surface area contributed by atoms with Gasteiger partial charge in [-0.15, -0.1) is 0 Å². The molecule has 0 aliphatic carbocycles. The zero-order valence-electron chi connectivity index (χ0n) is 17.0. The van der Waals surface area contributed by atoms with E-state index in [1.165, 1.54) is 0 Å². The summed E-state index contributed by atoms with van der Waals surface area (Å²) >= 11 is 0. The molecule has 0 fully saturated rings. The first-order valence-corrected chi connectivity index (χ1v) is 9.81. The molecule has 170 valence electrons.